The first-order valence-electron chi connectivity index (χ1n) is 7.61. The third-order valence-electron chi connectivity index (χ3n) is 3.17. The van der Waals surface area contributed by atoms with E-state index in [1.54, 1.807) is 25.2 Å². The molecule has 0 heterocycles. The number of ether oxygens (including phenoxy) is 1. The van der Waals surface area contributed by atoms with Gasteiger partial charge in [-0.3, -0.25) is 0 Å². The van der Waals surface area contributed by atoms with E-state index < -0.39 is 6.09 Å². The lowest BCUT2D eigenvalue weighted by molar-refractivity contribution is 0.156. The Morgan fingerprint density at radius 3 is 2.96 bits per heavy atom. The summed E-state index contributed by atoms with van der Waals surface area (Å²) in [7, 11) is 0. The Morgan fingerprint density at radius 1 is 1.50 bits per heavy atom. The van der Waals surface area contributed by atoms with Crippen molar-refractivity contribution in [3.05, 3.63) is 71.6 Å². The van der Waals surface area contributed by atoms with Crippen LogP contribution in [0.25, 0.3) is 0 Å². The zero-order chi connectivity index (χ0) is 17.8. The van der Waals surface area contributed by atoms with E-state index in [9.17, 15) is 4.79 Å². The fourth-order valence-corrected chi connectivity index (χ4v) is 1.83. The molecule has 0 aliphatic heterocycles. The summed E-state index contributed by atoms with van der Waals surface area (Å²) in [5.41, 5.74) is 2.43. The maximum atomic E-state index is 11.7. The van der Waals surface area contributed by atoms with Crippen LogP contribution in [0, 0.1) is 11.3 Å². The summed E-state index contributed by atoms with van der Waals surface area (Å²) in [5, 5.41) is 20.6. The molecule has 5 heteroatoms. The van der Waals surface area contributed by atoms with E-state index in [1.807, 2.05) is 18.2 Å². The molecule has 0 radical (unpaired) electrons. The molecule has 0 aromatic heterocycles. The first-order chi connectivity index (χ1) is 11.5. The molecule has 126 valence electrons. The number of hydrogen-bond donors (Lipinski definition) is 2. The Bertz CT molecular complexity index is 655. The Balaban J connectivity index is 2.37. The van der Waals surface area contributed by atoms with Gasteiger partial charge >= 0.3 is 6.09 Å². The van der Waals surface area contributed by atoms with Gasteiger partial charge < -0.3 is 15.2 Å². The highest BCUT2D eigenvalue weighted by atomic mass is 16.5. The molecule has 5 nitrogen and oxygen atoms in total. The van der Waals surface area contributed by atoms with Crippen LogP contribution in [0.3, 0.4) is 0 Å². The maximum Gasteiger partial charge on any atom is 0.407 e. The molecule has 1 rings (SSSR count). The van der Waals surface area contributed by atoms with Crippen molar-refractivity contribution < 1.29 is 14.6 Å². The molecule has 0 unspecified atom stereocenters. The smallest absolute Gasteiger partial charge is 0.407 e. The van der Waals surface area contributed by atoms with Crippen LogP contribution >= 0.6 is 0 Å². The van der Waals surface area contributed by atoms with Crippen LogP contribution in [0.1, 0.15) is 19.8 Å². The number of rotatable bonds is 7. The van der Waals surface area contributed by atoms with Gasteiger partial charge in [-0.15, -0.1) is 0 Å². The van der Waals surface area contributed by atoms with Crippen molar-refractivity contribution in [2.75, 3.05) is 13.2 Å². The zero-order valence-corrected chi connectivity index (χ0v) is 13.8. The fourth-order valence-electron chi connectivity index (χ4n) is 1.83. The molecule has 0 saturated carbocycles. The predicted molar refractivity (Wildman–Crippen MR) is 94.2 cm³/mol. The predicted octanol–water partition coefficient (Wildman–Crippen LogP) is 4.01. The van der Waals surface area contributed by atoms with Crippen LogP contribution in [-0.4, -0.2) is 24.4 Å². The second kappa shape index (κ2) is 10.7. The van der Waals surface area contributed by atoms with Crippen LogP contribution in [0.4, 0.5) is 4.79 Å². The standard InChI is InChI=1S/C19H22N2O3/c1-3-16(8-7-15(2)22)14-24-19(23)21-12-11-17-5-4-6-18(13-20)10-9-17/h3-5,7-10,22H,1,6,11-12,14H2,2H3,(H,21,23)/b15-7+,16-8+. The molecule has 0 bridgehead atoms. The van der Waals surface area contributed by atoms with Gasteiger partial charge in [0.25, 0.3) is 0 Å². The van der Waals surface area contributed by atoms with E-state index >= 15 is 0 Å². The van der Waals surface area contributed by atoms with Crippen molar-refractivity contribution in [2.24, 2.45) is 0 Å². The normalized spacial score (nSPS) is 14.8. The number of nitriles is 1. The van der Waals surface area contributed by atoms with Crippen molar-refractivity contribution >= 4 is 6.09 Å². The van der Waals surface area contributed by atoms with E-state index in [-0.39, 0.29) is 12.4 Å². The molecule has 2 N–H and O–H groups in total. The first kappa shape index (κ1) is 19.0. The summed E-state index contributed by atoms with van der Waals surface area (Å²) < 4.78 is 5.08. The Hall–Kier alpha value is -3.00. The van der Waals surface area contributed by atoms with Crippen LogP contribution in [0.5, 0.6) is 0 Å². The minimum Gasteiger partial charge on any atom is -0.513 e. The molecule has 24 heavy (non-hydrogen) atoms. The first-order valence-corrected chi connectivity index (χ1v) is 7.61. The number of nitrogens with zero attached hydrogens (tertiary/aromatic N) is 1. The Labute approximate surface area is 142 Å². The van der Waals surface area contributed by atoms with Crippen LogP contribution < -0.4 is 5.32 Å². The lowest BCUT2D eigenvalue weighted by atomic mass is 10.1. The van der Waals surface area contributed by atoms with Crippen molar-refractivity contribution in [1.82, 2.24) is 5.32 Å². The molecule has 0 saturated heterocycles. The van der Waals surface area contributed by atoms with Gasteiger partial charge in [0.2, 0.25) is 0 Å². The summed E-state index contributed by atoms with van der Waals surface area (Å²) in [6.07, 6.45) is 13.0. The fraction of sp³-hybridized carbons (Fsp3) is 0.263. The molecule has 0 atom stereocenters. The molecule has 0 aromatic carbocycles. The highest BCUT2D eigenvalue weighted by molar-refractivity contribution is 5.67. The van der Waals surface area contributed by atoms with E-state index in [1.165, 1.54) is 6.08 Å². The number of carbonyl (C=O) groups is 1. The summed E-state index contributed by atoms with van der Waals surface area (Å²) >= 11 is 0. The van der Waals surface area contributed by atoms with Gasteiger partial charge in [-0.1, -0.05) is 37.0 Å². The number of carbonyl (C=O) groups excluding carboxylic acids is 1. The molecular formula is C19H22N2O3. The minimum atomic E-state index is -0.515. The van der Waals surface area contributed by atoms with E-state index in [2.05, 4.69) is 18.0 Å². The van der Waals surface area contributed by atoms with Crippen molar-refractivity contribution in [3.63, 3.8) is 0 Å². The van der Waals surface area contributed by atoms with Gasteiger partial charge in [0.05, 0.1) is 11.8 Å². The van der Waals surface area contributed by atoms with E-state index in [0.717, 1.165) is 5.57 Å². The number of alkyl carbamates (subject to hydrolysis) is 1. The summed E-state index contributed by atoms with van der Waals surface area (Å²) in [5.74, 6) is 0.164. The van der Waals surface area contributed by atoms with Crippen LogP contribution in [0.2, 0.25) is 0 Å². The van der Waals surface area contributed by atoms with Gasteiger partial charge in [-0.05, 0) is 36.6 Å². The third kappa shape index (κ3) is 7.85. The van der Waals surface area contributed by atoms with Crippen molar-refractivity contribution in [1.29, 1.82) is 5.26 Å². The lowest BCUT2D eigenvalue weighted by Gasteiger charge is -2.07. The quantitative estimate of drug-likeness (QED) is 0.547. The van der Waals surface area contributed by atoms with Crippen LogP contribution in [0.15, 0.2) is 71.6 Å². The maximum absolute atomic E-state index is 11.7. The summed E-state index contributed by atoms with van der Waals surface area (Å²) in [4.78, 5) is 11.7. The molecular weight excluding hydrogens is 304 g/mol. The van der Waals surface area contributed by atoms with E-state index in [0.29, 0.717) is 30.5 Å². The number of aliphatic hydroxyl groups excluding tert-OH is 1. The number of allylic oxidation sites excluding steroid dienone is 8. The molecule has 0 aromatic rings. The number of hydrogen-bond acceptors (Lipinski definition) is 4. The summed E-state index contributed by atoms with van der Waals surface area (Å²) in [6.45, 7) is 5.70. The average molecular weight is 326 g/mol. The number of amides is 1. The minimum absolute atomic E-state index is 0.0793. The summed E-state index contributed by atoms with van der Waals surface area (Å²) in [6, 6.07) is 2.13. The Morgan fingerprint density at radius 2 is 2.29 bits per heavy atom. The van der Waals surface area contributed by atoms with Crippen molar-refractivity contribution in [2.45, 2.75) is 19.8 Å². The average Bonchev–Trinajstić information content (AvgIpc) is 2.80. The van der Waals surface area contributed by atoms with Gasteiger partial charge in [-0.2, -0.15) is 5.26 Å². The lowest BCUT2D eigenvalue weighted by Crippen LogP contribution is -2.26. The number of nitrogens with one attached hydrogen (secondary N) is 1. The zero-order valence-electron chi connectivity index (χ0n) is 13.8. The van der Waals surface area contributed by atoms with Gasteiger partial charge in [0.1, 0.15) is 6.61 Å². The molecule has 1 aliphatic rings. The molecule has 0 fully saturated rings. The van der Waals surface area contributed by atoms with Gasteiger partial charge in [0, 0.05) is 18.5 Å². The third-order valence-corrected chi connectivity index (χ3v) is 3.17. The Kier molecular flexibility index (Phi) is 8.48. The van der Waals surface area contributed by atoms with Gasteiger partial charge in [-0.25, -0.2) is 4.79 Å². The largest absolute Gasteiger partial charge is 0.513 e. The highest BCUT2D eigenvalue weighted by Crippen LogP contribution is 2.12. The molecule has 1 aliphatic carbocycles. The SMILES string of the molecule is C=C/C(=C\C=C(/C)O)COC(=O)NCCC1=CC=C(C#N)CC=C1. The highest BCUT2D eigenvalue weighted by Gasteiger charge is 2.04. The monoisotopic (exact) mass is 326 g/mol. The second-order valence-electron chi connectivity index (χ2n) is 5.16. The number of aliphatic hydroxyl groups is 1. The topological polar surface area (TPSA) is 82.3 Å². The molecule has 0 spiro atoms. The van der Waals surface area contributed by atoms with E-state index in [4.69, 9.17) is 15.1 Å². The van der Waals surface area contributed by atoms with Gasteiger partial charge in [0.15, 0.2) is 0 Å². The molecule has 1 amide bonds. The van der Waals surface area contributed by atoms with Crippen molar-refractivity contribution in [3.8, 4) is 6.07 Å². The van der Waals surface area contributed by atoms with Crippen LogP contribution in [-0.2, 0) is 4.74 Å². The second-order valence-corrected chi connectivity index (χ2v) is 5.16.